The second-order valence-corrected chi connectivity index (χ2v) is 5.30. The maximum Gasteiger partial charge on any atom is 0.342 e. The van der Waals surface area contributed by atoms with Crippen LogP contribution < -0.4 is 4.90 Å². The van der Waals surface area contributed by atoms with Crippen molar-refractivity contribution < 1.29 is 13.9 Å². The molecule has 6 heteroatoms. The molecule has 0 bridgehead atoms. The van der Waals surface area contributed by atoms with Gasteiger partial charge in [-0.15, -0.1) is 0 Å². The molecule has 6 nitrogen and oxygen atoms in total. The summed E-state index contributed by atoms with van der Waals surface area (Å²) in [7, 11) is 1.97. The summed E-state index contributed by atoms with van der Waals surface area (Å²) in [5.41, 5.74) is 0.863. The van der Waals surface area contributed by atoms with Crippen molar-refractivity contribution in [3.63, 3.8) is 0 Å². The molecule has 22 heavy (non-hydrogen) atoms. The molecule has 0 aliphatic carbocycles. The van der Waals surface area contributed by atoms with E-state index in [0.29, 0.717) is 34.9 Å². The first-order valence-electron chi connectivity index (χ1n) is 7.65. The van der Waals surface area contributed by atoms with Gasteiger partial charge < -0.3 is 14.1 Å². The Morgan fingerprint density at radius 2 is 2.00 bits per heavy atom. The molecule has 0 unspecified atom stereocenters. The molecule has 2 heterocycles. The number of nitrogens with zero attached hydrogens (tertiary/aromatic N) is 3. The van der Waals surface area contributed by atoms with Gasteiger partial charge in [0.2, 0.25) is 5.71 Å². The van der Waals surface area contributed by atoms with E-state index in [-0.39, 0.29) is 0 Å². The lowest BCUT2D eigenvalue weighted by molar-refractivity contribution is 0.0526. The third kappa shape index (κ3) is 3.05. The maximum absolute atomic E-state index is 12.3. The van der Waals surface area contributed by atoms with Crippen LogP contribution in [-0.2, 0) is 4.74 Å². The van der Waals surface area contributed by atoms with E-state index in [4.69, 9.17) is 9.15 Å². The predicted molar refractivity (Wildman–Crippen MR) is 85.4 cm³/mol. The Bertz CT molecular complexity index is 679. The topological polar surface area (TPSA) is 68.5 Å². The van der Waals surface area contributed by atoms with Crippen LogP contribution in [0.25, 0.3) is 11.1 Å². The van der Waals surface area contributed by atoms with Crippen molar-refractivity contribution in [1.29, 1.82) is 0 Å². The summed E-state index contributed by atoms with van der Waals surface area (Å²) in [5, 5.41) is 0.639. The normalized spacial score (nSPS) is 11.0. The number of carbonyl (C=O) groups excluding carboxylic acids is 1. The smallest absolute Gasteiger partial charge is 0.342 e. The molecule has 0 N–H and O–H groups in total. The zero-order valence-electron chi connectivity index (χ0n) is 13.9. The van der Waals surface area contributed by atoms with Crippen LogP contribution in [-0.4, -0.2) is 36.1 Å². The minimum Gasteiger partial charge on any atom is -0.462 e. The second-order valence-electron chi connectivity index (χ2n) is 5.30. The number of aromatic nitrogens is 2. The van der Waals surface area contributed by atoms with Crippen LogP contribution >= 0.6 is 0 Å². The molecule has 0 atom stereocenters. The van der Waals surface area contributed by atoms with Crippen molar-refractivity contribution in [2.45, 2.75) is 40.5 Å². The van der Waals surface area contributed by atoms with E-state index in [0.717, 1.165) is 25.2 Å². The van der Waals surface area contributed by atoms with Crippen LogP contribution in [0.1, 0.15) is 48.6 Å². The fraction of sp³-hybridized carbons (Fsp3) is 0.562. The van der Waals surface area contributed by atoms with Gasteiger partial charge in [-0.05, 0) is 27.2 Å². The van der Waals surface area contributed by atoms with Crippen LogP contribution in [0.5, 0.6) is 0 Å². The van der Waals surface area contributed by atoms with Gasteiger partial charge in [-0.2, -0.15) is 4.98 Å². The van der Waals surface area contributed by atoms with E-state index < -0.39 is 5.97 Å². The molecular formula is C16H23N3O3. The molecule has 0 aromatic carbocycles. The van der Waals surface area contributed by atoms with Gasteiger partial charge in [-0.25, -0.2) is 9.78 Å². The van der Waals surface area contributed by atoms with E-state index in [1.165, 1.54) is 0 Å². The van der Waals surface area contributed by atoms with E-state index in [9.17, 15) is 4.79 Å². The summed E-state index contributed by atoms with van der Waals surface area (Å²) in [5.74, 6) is 1.46. The predicted octanol–water partition coefficient (Wildman–Crippen LogP) is 3.25. The maximum atomic E-state index is 12.3. The summed E-state index contributed by atoms with van der Waals surface area (Å²) >= 11 is 0. The Morgan fingerprint density at radius 3 is 2.64 bits per heavy atom. The molecule has 0 aliphatic rings. The Hall–Kier alpha value is -2.11. The standard InChI is InChI=1S/C16H23N3O3/c1-6-8-9-19(5)14-13-12(16(20)21-7-2)10(3)22-15(13)18-11(4)17-14/h6-9H2,1-5H3. The molecule has 2 aromatic heterocycles. The lowest BCUT2D eigenvalue weighted by atomic mass is 10.1. The molecule has 120 valence electrons. The Morgan fingerprint density at radius 1 is 1.27 bits per heavy atom. The molecule has 2 rings (SSSR count). The van der Waals surface area contributed by atoms with Crippen molar-refractivity contribution in [3.8, 4) is 0 Å². The van der Waals surface area contributed by atoms with Gasteiger partial charge in [0.15, 0.2) is 0 Å². The minimum atomic E-state index is -0.392. The summed E-state index contributed by atoms with van der Waals surface area (Å²) < 4.78 is 10.8. The second kappa shape index (κ2) is 6.77. The van der Waals surface area contributed by atoms with Gasteiger partial charge in [0.05, 0.1) is 12.0 Å². The first kappa shape index (κ1) is 16.3. The highest BCUT2D eigenvalue weighted by atomic mass is 16.5. The third-order valence-electron chi connectivity index (χ3n) is 3.51. The minimum absolute atomic E-state index is 0.318. The number of fused-ring (bicyclic) bond motifs is 1. The monoisotopic (exact) mass is 305 g/mol. The number of hydrogen-bond acceptors (Lipinski definition) is 6. The number of carbonyl (C=O) groups is 1. The summed E-state index contributed by atoms with van der Waals surface area (Å²) in [6, 6.07) is 0. The molecular weight excluding hydrogens is 282 g/mol. The van der Waals surface area contributed by atoms with Crippen molar-refractivity contribution in [3.05, 3.63) is 17.1 Å². The first-order chi connectivity index (χ1) is 10.5. The fourth-order valence-electron chi connectivity index (χ4n) is 2.42. The molecule has 0 amide bonds. The van der Waals surface area contributed by atoms with Crippen LogP contribution in [0.4, 0.5) is 5.82 Å². The lowest BCUT2D eigenvalue weighted by Gasteiger charge is -2.19. The van der Waals surface area contributed by atoms with E-state index in [1.54, 1.807) is 13.8 Å². The van der Waals surface area contributed by atoms with Crippen LogP contribution in [0.2, 0.25) is 0 Å². The van der Waals surface area contributed by atoms with Gasteiger partial charge in [-0.3, -0.25) is 0 Å². The number of unbranched alkanes of at least 4 members (excludes halogenated alkanes) is 1. The Labute approximate surface area is 130 Å². The number of ether oxygens (including phenoxy) is 1. The quantitative estimate of drug-likeness (QED) is 0.763. The largest absolute Gasteiger partial charge is 0.462 e. The average Bonchev–Trinajstić information content (AvgIpc) is 2.79. The van der Waals surface area contributed by atoms with Gasteiger partial charge in [0.1, 0.15) is 23.0 Å². The van der Waals surface area contributed by atoms with Gasteiger partial charge in [0, 0.05) is 13.6 Å². The van der Waals surface area contributed by atoms with Gasteiger partial charge in [0.25, 0.3) is 0 Å². The lowest BCUT2D eigenvalue weighted by Crippen LogP contribution is -2.21. The molecule has 0 fully saturated rings. The van der Waals surface area contributed by atoms with Gasteiger partial charge in [-0.1, -0.05) is 13.3 Å². The molecule has 0 spiro atoms. The zero-order chi connectivity index (χ0) is 16.3. The van der Waals surface area contributed by atoms with Crippen LogP contribution in [0, 0.1) is 13.8 Å². The van der Waals surface area contributed by atoms with E-state index in [2.05, 4.69) is 16.9 Å². The van der Waals surface area contributed by atoms with E-state index in [1.807, 2.05) is 18.9 Å². The van der Waals surface area contributed by atoms with Crippen molar-refractivity contribution in [2.75, 3.05) is 25.1 Å². The van der Waals surface area contributed by atoms with Crippen molar-refractivity contribution in [1.82, 2.24) is 9.97 Å². The van der Waals surface area contributed by atoms with Crippen molar-refractivity contribution in [2.24, 2.45) is 0 Å². The highest BCUT2D eigenvalue weighted by Gasteiger charge is 2.25. The molecule has 0 saturated heterocycles. The number of anilines is 1. The van der Waals surface area contributed by atoms with Crippen molar-refractivity contribution >= 4 is 22.9 Å². The average molecular weight is 305 g/mol. The molecule has 0 aliphatic heterocycles. The fourth-order valence-corrected chi connectivity index (χ4v) is 2.42. The summed E-state index contributed by atoms with van der Waals surface area (Å²) in [6.45, 7) is 8.66. The Balaban J connectivity index is 2.61. The molecule has 0 radical (unpaired) electrons. The highest BCUT2D eigenvalue weighted by molar-refractivity contribution is 6.07. The number of aryl methyl sites for hydroxylation is 2. The van der Waals surface area contributed by atoms with Crippen LogP contribution in [0.15, 0.2) is 4.42 Å². The SMILES string of the molecule is CCCCN(C)c1nc(C)nc2oc(C)c(C(=O)OCC)c12. The number of furan rings is 1. The van der Waals surface area contributed by atoms with Gasteiger partial charge >= 0.3 is 5.97 Å². The van der Waals surface area contributed by atoms with Crippen LogP contribution in [0.3, 0.4) is 0 Å². The summed E-state index contributed by atoms with van der Waals surface area (Å²) in [6.07, 6.45) is 2.14. The molecule has 0 saturated carbocycles. The third-order valence-corrected chi connectivity index (χ3v) is 3.51. The molecule has 2 aromatic rings. The first-order valence-corrected chi connectivity index (χ1v) is 7.65. The number of esters is 1. The van der Waals surface area contributed by atoms with E-state index >= 15 is 0 Å². The number of rotatable bonds is 6. The zero-order valence-corrected chi connectivity index (χ0v) is 13.9. The Kier molecular flexibility index (Phi) is 5.00. The summed E-state index contributed by atoms with van der Waals surface area (Å²) in [4.78, 5) is 23.1. The number of hydrogen-bond donors (Lipinski definition) is 0. The highest BCUT2D eigenvalue weighted by Crippen LogP contribution is 2.32.